The molecule has 0 aliphatic heterocycles. The van der Waals surface area contributed by atoms with Gasteiger partial charge in [-0.1, -0.05) is 12.2 Å². The van der Waals surface area contributed by atoms with Crippen LogP contribution in [0.4, 0.5) is 0 Å². The summed E-state index contributed by atoms with van der Waals surface area (Å²) in [5.41, 5.74) is 3.83. The van der Waals surface area contributed by atoms with E-state index in [0.717, 1.165) is 6.54 Å². The van der Waals surface area contributed by atoms with Gasteiger partial charge in [-0.15, -0.1) is 0 Å². The maximum atomic E-state index is 5.02. The van der Waals surface area contributed by atoms with Crippen molar-refractivity contribution in [3.63, 3.8) is 0 Å². The Morgan fingerprint density at radius 3 is 2.29 bits per heavy atom. The summed E-state index contributed by atoms with van der Waals surface area (Å²) in [6, 6.07) is 0. The van der Waals surface area contributed by atoms with Crippen molar-refractivity contribution in [3.05, 3.63) is 35.1 Å². The molecule has 0 saturated carbocycles. The molecule has 0 aliphatic carbocycles. The molecular weight excluding hydrogens is 174 g/mol. The third-order valence-corrected chi connectivity index (χ3v) is 2.07. The molecule has 0 unspecified atom stereocenters. The second-order valence-corrected chi connectivity index (χ2v) is 3.51. The average molecular weight is 195 g/mol. The molecule has 0 aromatic rings. The first kappa shape index (κ1) is 13.0. The lowest BCUT2D eigenvalue weighted by atomic mass is 10.0. The highest BCUT2D eigenvalue weighted by molar-refractivity contribution is 5.36. The molecule has 1 N–H and O–H groups in total. The topological polar surface area (TPSA) is 21.3 Å². The zero-order chi connectivity index (χ0) is 11.1. The molecule has 0 amide bonds. The van der Waals surface area contributed by atoms with E-state index in [2.05, 4.69) is 32.7 Å². The molecule has 0 heterocycles. The molecule has 0 radical (unpaired) electrons. The van der Waals surface area contributed by atoms with Crippen LogP contribution in [0.2, 0.25) is 0 Å². The molecular formula is C12H21NO. The molecule has 0 rings (SSSR count). The highest BCUT2D eigenvalue weighted by Gasteiger charge is 2.01. The Balaban J connectivity index is 4.78. The van der Waals surface area contributed by atoms with Crippen molar-refractivity contribution in [3.8, 4) is 0 Å². The van der Waals surface area contributed by atoms with Crippen LogP contribution < -0.4 is 5.32 Å². The van der Waals surface area contributed by atoms with Crippen LogP contribution in [0.5, 0.6) is 0 Å². The van der Waals surface area contributed by atoms with Gasteiger partial charge >= 0.3 is 0 Å². The van der Waals surface area contributed by atoms with Crippen LogP contribution in [0.3, 0.4) is 0 Å². The van der Waals surface area contributed by atoms with E-state index in [1.165, 1.54) is 16.7 Å². The molecule has 14 heavy (non-hydrogen) atoms. The smallest absolute Gasteiger partial charge is 0.111 e. The summed E-state index contributed by atoms with van der Waals surface area (Å²) in [5.74, 6) is 0.692. The molecule has 0 spiro atoms. The Morgan fingerprint density at radius 1 is 1.36 bits per heavy atom. The van der Waals surface area contributed by atoms with E-state index in [9.17, 15) is 0 Å². The number of likely N-dealkylation sites (N-methyl/N-ethyl adjacent to an activating group) is 1. The first-order chi connectivity index (χ1) is 6.52. The van der Waals surface area contributed by atoms with E-state index >= 15 is 0 Å². The van der Waals surface area contributed by atoms with Crippen LogP contribution in [0.1, 0.15) is 20.8 Å². The summed E-state index contributed by atoms with van der Waals surface area (Å²) in [5, 5.41) is 3.15. The predicted octanol–water partition coefficient (Wildman–Crippen LogP) is 2.65. The molecule has 80 valence electrons. The maximum absolute atomic E-state index is 5.02. The average Bonchev–Trinajstić information content (AvgIpc) is 2.13. The van der Waals surface area contributed by atoms with E-state index in [1.54, 1.807) is 7.11 Å². The van der Waals surface area contributed by atoms with E-state index in [1.807, 2.05) is 13.1 Å². The van der Waals surface area contributed by atoms with Gasteiger partial charge in [-0.2, -0.15) is 0 Å². The van der Waals surface area contributed by atoms with E-state index in [-0.39, 0.29) is 0 Å². The van der Waals surface area contributed by atoms with Gasteiger partial charge in [0.2, 0.25) is 0 Å². The number of hydrogen-bond donors (Lipinski definition) is 1. The normalized spacial score (nSPS) is 11.1. The number of hydrogen-bond acceptors (Lipinski definition) is 2. The highest BCUT2D eigenvalue weighted by atomic mass is 16.5. The van der Waals surface area contributed by atoms with Crippen LogP contribution >= 0.6 is 0 Å². The fourth-order valence-electron chi connectivity index (χ4n) is 1.27. The van der Waals surface area contributed by atoms with Crippen LogP contribution in [0.25, 0.3) is 0 Å². The first-order valence-corrected chi connectivity index (χ1v) is 4.75. The van der Waals surface area contributed by atoms with Crippen molar-refractivity contribution in [2.45, 2.75) is 20.8 Å². The summed E-state index contributed by atoms with van der Waals surface area (Å²) in [7, 11) is 3.58. The molecule has 2 heteroatoms. The van der Waals surface area contributed by atoms with Gasteiger partial charge in [-0.25, -0.2) is 0 Å². The van der Waals surface area contributed by atoms with Crippen molar-refractivity contribution >= 4 is 0 Å². The van der Waals surface area contributed by atoms with Crippen molar-refractivity contribution < 1.29 is 4.74 Å². The standard InChI is InChI=1S/C12H21NO/c1-9(2)12(8-13-5)10(3)7-11(4)14-6/h7,13H,4,8H2,1-3,5-6H3/b10-7+. The van der Waals surface area contributed by atoms with Gasteiger partial charge in [0.25, 0.3) is 0 Å². The summed E-state index contributed by atoms with van der Waals surface area (Å²) < 4.78 is 5.02. The summed E-state index contributed by atoms with van der Waals surface area (Å²) in [6.07, 6.45) is 1.96. The van der Waals surface area contributed by atoms with Gasteiger partial charge in [-0.3, -0.25) is 0 Å². The van der Waals surface area contributed by atoms with Crippen LogP contribution in [0.15, 0.2) is 35.1 Å². The molecule has 0 saturated heterocycles. The minimum Gasteiger partial charge on any atom is -0.497 e. The second kappa shape index (κ2) is 6.44. The molecule has 2 nitrogen and oxygen atoms in total. The van der Waals surface area contributed by atoms with Gasteiger partial charge in [0.15, 0.2) is 0 Å². The lowest BCUT2D eigenvalue weighted by Gasteiger charge is -2.10. The van der Waals surface area contributed by atoms with Gasteiger partial charge in [0, 0.05) is 6.54 Å². The molecule has 0 aromatic carbocycles. The molecule has 0 aromatic heterocycles. The van der Waals surface area contributed by atoms with Crippen molar-refractivity contribution in [1.82, 2.24) is 5.32 Å². The Kier molecular flexibility index (Phi) is 5.97. The Labute approximate surface area is 87.3 Å². The third-order valence-electron chi connectivity index (χ3n) is 2.07. The Bertz CT molecular complexity index is 257. The van der Waals surface area contributed by atoms with Gasteiger partial charge in [-0.05, 0) is 45.0 Å². The number of rotatable bonds is 5. The van der Waals surface area contributed by atoms with E-state index in [4.69, 9.17) is 4.74 Å². The lowest BCUT2D eigenvalue weighted by molar-refractivity contribution is 0.308. The monoisotopic (exact) mass is 195 g/mol. The highest BCUT2D eigenvalue weighted by Crippen LogP contribution is 2.15. The van der Waals surface area contributed by atoms with Crippen LogP contribution in [0, 0.1) is 0 Å². The molecule has 0 atom stereocenters. The number of nitrogens with one attached hydrogen (secondary N) is 1. The fourth-order valence-corrected chi connectivity index (χ4v) is 1.27. The maximum Gasteiger partial charge on any atom is 0.111 e. The van der Waals surface area contributed by atoms with E-state index in [0.29, 0.717) is 5.76 Å². The van der Waals surface area contributed by atoms with Crippen molar-refractivity contribution in [1.29, 1.82) is 0 Å². The SMILES string of the molecule is C=C(/C=C(\C)C(CNC)=C(C)C)OC. The van der Waals surface area contributed by atoms with Crippen LogP contribution in [-0.4, -0.2) is 20.7 Å². The van der Waals surface area contributed by atoms with Gasteiger partial charge < -0.3 is 10.1 Å². The largest absolute Gasteiger partial charge is 0.497 e. The van der Waals surface area contributed by atoms with Crippen molar-refractivity contribution in [2.75, 3.05) is 20.7 Å². The third kappa shape index (κ3) is 4.28. The Morgan fingerprint density at radius 2 is 1.93 bits per heavy atom. The number of allylic oxidation sites excluding steroid dienone is 2. The summed E-state index contributed by atoms with van der Waals surface area (Å²) in [6.45, 7) is 10.9. The molecule has 0 aliphatic rings. The summed E-state index contributed by atoms with van der Waals surface area (Å²) >= 11 is 0. The van der Waals surface area contributed by atoms with E-state index < -0.39 is 0 Å². The predicted molar refractivity (Wildman–Crippen MR) is 62.2 cm³/mol. The fraction of sp³-hybridized carbons (Fsp3) is 0.500. The zero-order valence-electron chi connectivity index (χ0n) is 9.90. The lowest BCUT2D eigenvalue weighted by Crippen LogP contribution is -2.12. The molecule has 0 fully saturated rings. The second-order valence-electron chi connectivity index (χ2n) is 3.51. The van der Waals surface area contributed by atoms with Crippen LogP contribution in [-0.2, 0) is 4.74 Å². The van der Waals surface area contributed by atoms with Gasteiger partial charge in [0.1, 0.15) is 5.76 Å². The number of ether oxygens (including phenoxy) is 1. The van der Waals surface area contributed by atoms with Gasteiger partial charge in [0.05, 0.1) is 7.11 Å². The zero-order valence-corrected chi connectivity index (χ0v) is 9.90. The minimum absolute atomic E-state index is 0.692. The quantitative estimate of drug-likeness (QED) is 0.538. The summed E-state index contributed by atoms with van der Waals surface area (Å²) in [4.78, 5) is 0. The van der Waals surface area contributed by atoms with Crippen molar-refractivity contribution in [2.24, 2.45) is 0 Å². The molecule has 0 bridgehead atoms. The minimum atomic E-state index is 0.692. The number of methoxy groups -OCH3 is 1. The first-order valence-electron chi connectivity index (χ1n) is 4.75. The Hall–Kier alpha value is -1.02.